The van der Waals surface area contributed by atoms with E-state index in [0.717, 1.165) is 13.5 Å². The normalized spacial score (nSPS) is 36.3. The molecule has 8 atom stereocenters. The van der Waals surface area contributed by atoms with Crippen molar-refractivity contribution in [3.05, 3.63) is 48.6 Å². The number of cyclic esters (lactones) is 1. The van der Waals surface area contributed by atoms with Crippen LogP contribution in [-0.4, -0.2) is 87.3 Å². The largest absolute Gasteiger partial charge is 0.469 e. The highest BCUT2D eigenvalue weighted by molar-refractivity contribution is 5.91. The zero-order valence-corrected chi connectivity index (χ0v) is 26.6. The van der Waals surface area contributed by atoms with Crippen LogP contribution < -0.4 is 0 Å². The van der Waals surface area contributed by atoms with Crippen LogP contribution in [0.2, 0.25) is 0 Å². The van der Waals surface area contributed by atoms with E-state index in [4.69, 9.17) is 14.2 Å². The van der Waals surface area contributed by atoms with Gasteiger partial charge in [-0.2, -0.15) is 0 Å². The Balaban J connectivity index is 2.25. The summed E-state index contributed by atoms with van der Waals surface area (Å²) in [5.74, 6) is -6.13. The number of ether oxygens (including phenoxy) is 3. The number of Topliss-reactive ketones (excluding diaryl/α,β-unsaturated/α-hetero) is 1. The highest BCUT2D eigenvalue weighted by Gasteiger charge is 2.50. The molecule has 0 aliphatic carbocycles. The summed E-state index contributed by atoms with van der Waals surface area (Å²) in [5, 5.41) is 43.2. The summed E-state index contributed by atoms with van der Waals surface area (Å²) in [4.78, 5) is 50.7. The molecule has 4 N–H and O–H groups in total. The van der Waals surface area contributed by atoms with Gasteiger partial charge in [-0.3, -0.25) is 19.2 Å². The first-order valence-corrected chi connectivity index (χ1v) is 15.9. The minimum absolute atomic E-state index is 0.0284. The number of fused-ring (bicyclic) bond motifs is 2. The second-order valence-electron chi connectivity index (χ2n) is 11.8. The van der Waals surface area contributed by atoms with Gasteiger partial charge in [-0.25, -0.2) is 0 Å². The van der Waals surface area contributed by atoms with Gasteiger partial charge >= 0.3 is 11.9 Å². The number of allylic oxidation sites excluding steroid dienone is 7. The monoisotopic (exact) mass is 634 g/mol. The zero-order valence-electron chi connectivity index (χ0n) is 26.6. The van der Waals surface area contributed by atoms with Crippen molar-refractivity contribution in [1.29, 1.82) is 0 Å². The molecule has 11 heteroatoms. The van der Waals surface area contributed by atoms with Gasteiger partial charge in [0.05, 0.1) is 37.4 Å². The van der Waals surface area contributed by atoms with Crippen molar-refractivity contribution in [2.75, 3.05) is 7.11 Å². The van der Waals surface area contributed by atoms with Crippen molar-refractivity contribution in [2.24, 2.45) is 11.8 Å². The van der Waals surface area contributed by atoms with Gasteiger partial charge in [0.15, 0.2) is 11.6 Å². The van der Waals surface area contributed by atoms with E-state index in [1.807, 2.05) is 13.0 Å². The molecule has 2 heterocycles. The van der Waals surface area contributed by atoms with Crippen LogP contribution in [0.15, 0.2) is 48.6 Å². The number of hydrogen-bond acceptors (Lipinski definition) is 11. The molecule has 2 aliphatic heterocycles. The predicted molar refractivity (Wildman–Crippen MR) is 165 cm³/mol. The summed E-state index contributed by atoms with van der Waals surface area (Å²) in [5.41, 5.74) is 0. The topological polar surface area (TPSA) is 177 Å². The number of esters is 2. The second-order valence-corrected chi connectivity index (χ2v) is 11.8. The summed E-state index contributed by atoms with van der Waals surface area (Å²) >= 11 is 0. The highest BCUT2D eigenvalue weighted by atomic mass is 16.6. The fourth-order valence-corrected chi connectivity index (χ4v) is 5.72. The van der Waals surface area contributed by atoms with Gasteiger partial charge in [0, 0.05) is 38.5 Å². The molecule has 252 valence electrons. The maximum absolute atomic E-state index is 12.9. The summed E-state index contributed by atoms with van der Waals surface area (Å²) in [6, 6.07) is 0. The Morgan fingerprint density at radius 1 is 0.978 bits per heavy atom. The first kappa shape index (κ1) is 38.2. The fraction of sp³-hybridized carbons (Fsp3) is 0.647. The molecule has 2 bridgehead atoms. The van der Waals surface area contributed by atoms with E-state index in [0.29, 0.717) is 19.3 Å². The van der Waals surface area contributed by atoms with Gasteiger partial charge in [0.25, 0.3) is 0 Å². The molecular formula is C34H50O11. The van der Waals surface area contributed by atoms with E-state index in [-0.39, 0.29) is 50.4 Å². The second kappa shape index (κ2) is 19.5. The third kappa shape index (κ3) is 13.1. The molecular weight excluding hydrogens is 584 g/mol. The lowest BCUT2D eigenvalue weighted by atomic mass is 9.83. The SMILES string of the molecule is CCC[C@@H]1C/C=C/C=C/C=C/C=C/C(=O)C[C@@H]2O[C@](O)(C[C@@H](O)CCCC(=O)C[C@@H](O)[C@H](CC)C(=O)O1)C[C@H](O)[C@H]2C(=O)OC. The van der Waals surface area contributed by atoms with Crippen LogP contribution in [0.4, 0.5) is 0 Å². The van der Waals surface area contributed by atoms with Gasteiger partial charge in [0.2, 0.25) is 0 Å². The third-order valence-electron chi connectivity index (χ3n) is 8.05. The summed E-state index contributed by atoms with van der Waals surface area (Å²) in [6.45, 7) is 3.73. The number of carbonyl (C=O) groups is 4. The number of ketones is 2. The van der Waals surface area contributed by atoms with Crippen LogP contribution >= 0.6 is 0 Å². The lowest BCUT2D eigenvalue weighted by Gasteiger charge is -2.43. The minimum Gasteiger partial charge on any atom is -0.469 e. The number of carbonyl (C=O) groups excluding carboxylic acids is 4. The molecule has 2 rings (SSSR count). The van der Waals surface area contributed by atoms with Crippen molar-refractivity contribution in [3.63, 3.8) is 0 Å². The Morgan fingerprint density at radius 2 is 1.67 bits per heavy atom. The van der Waals surface area contributed by atoms with Gasteiger partial charge in [-0.15, -0.1) is 0 Å². The molecule has 0 aromatic carbocycles. The van der Waals surface area contributed by atoms with Crippen molar-refractivity contribution < 1.29 is 53.8 Å². The molecule has 11 nitrogen and oxygen atoms in total. The van der Waals surface area contributed by atoms with Crippen LogP contribution in [0.3, 0.4) is 0 Å². The fourth-order valence-electron chi connectivity index (χ4n) is 5.72. The first-order chi connectivity index (χ1) is 21.4. The van der Waals surface area contributed by atoms with E-state index in [1.165, 1.54) is 12.2 Å². The van der Waals surface area contributed by atoms with E-state index in [9.17, 15) is 39.6 Å². The zero-order chi connectivity index (χ0) is 33.4. The molecule has 0 spiro atoms. The molecule has 0 radical (unpaired) electrons. The number of methoxy groups -OCH3 is 1. The van der Waals surface area contributed by atoms with E-state index >= 15 is 0 Å². The van der Waals surface area contributed by atoms with E-state index in [2.05, 4.69) is 0 Å². The molecule has 1 saturated heterocycles. The van der Waals surface area contributed by atoms with Crippen LogP contribution in [-0.2, 0) is 33.4 Å². The lowest BCUT2D eigenvalue weighted by molar-refractivity contribution is -0.296. The number of aliphatic hydroxyl groups is 4. The summed E-state index contributed by atoms with van der Waals surface area (Å²) in [6.07, 6.45) is 9.33. The Morgan fingerprint density at radius 3 is 2.33 bits per heavy atom. The Kier molecular flexibility index (Phi) is 16.6. The van der Waals surface area contributed by atoms with Gasteiger partial charge in [0.1, 0.15) is 17.8 Å². The molecule has 1 fully saturated rings. The number of aliphatic hydroxyl groups excluding tert-OH is 3. The molecule has 0 aromatic rings. The van der Waals surface area contributed by atoms with Crippen LogP contribution in [0.5, 0.6) is 0 Å². The average molecular weight is 635 g/mol. The molecule has 0 unspecified atom stereocenters. The average Bonchev–Trinajstić information content (AvgIpc) is 2.95. The summed E-state index contributed by atoms with van der Waals surface area (Å²) < 4.78 is 16.3. The first-order valence-electron chi connectivity index (χ1n) is 15.9. The standard InChI is InChI=1S/C34H50O11/c1-4-14-26-18-12-10-8-6-7-9-11-15-24(36)20-30-31(33(41)43-3)29(39)22-34(42,45-30)21-25(37)17-13-16-23(35)19-28(38)27(5-2)32(40)44-26/h6-12,15,25-31,37-39,42H,4-5,13-14,16-22H2,1-3H3/b8-6+,9-7+,12-10+,15-11+/t25-,26+,27-,28+,29-,30-,31+,34+/m0/s1. The Hall–Kier alpha value is -2.96. The number of hydrogen-bond donors (Lipinski definition) is 4. The van der Waals surface area contributed by atoms with Crippen molar-refractivity contribution in [1.82, 2.24) is 0 Å². The number of rotatable bonds is 4. The molecule has 2 aliphatic rings. The van der Waals surface area contributed by atoms with Crippen molar-refractivity contribution in [2.45, 2.75) is 121 Å². The van der Waals surface area contributed by atoms with Crippen molar-refractivity contribution in [3.8, 4) is 0 Å². The van der Waals surface area contributed by atoms with Gasteiger partial charge in [-0.1, -0.05) is 62.8 Å². The maximum Gasteiger partial charge on any atom is 0.313 e. The maximum atomic E-state index is 12.9. The summed E-state index contributed by atoms with van der Waals surface area (Å²) in [7, 11) is 1.15. The quantitative estimate of drug-likeness (QED) is 0.334. The van der Waals surface area contributed by atoms with E-state index in [1.54, 1.807) is 37.3 Å². The lowest BCUT2D eigenvalue weighted by Crippen LogP contribution is -2.55. The third-order valence-corrected chi connectivity index (χ3v) is 8.05. The van der Waals surface area contributed by atoms with Crippen LogP contribution in [0.1, 0.15) is 84.5 Å². The molecule has 0 aromatic heterocycles. The smallest absolute Gasteiger partial charge is 0.313 e. The molecule has 45 heavy (non-hydrogen) atoms. The van der Waals surface area contributed by atoms with Crippen LogP contribution in [0.25, 0.3) is 0 Å². The van der Waals surface area contributed by atoms with Gasteiger partial charge in [-0.05, 0) is 31.8 Å². The molecule has 0 amide bonds. The predicted octanol–water partition coefficient (Wildman–Crippen LogP) is 3.18. The molecule has 0 saturated carbocycles. The highest BCUT2D eigenvalue weighted by Crippen LogP contribution is 2.37. The van der Waals surface area contributed by atoms with Gasteiger partial charge < -0.3 is 34.6 Å². The van der Waals surface area contributed by atoms with Crippen molar-refractivity contribution >= 4 is 23.5 Å². The van der Waals surface area contributed by atoms with Crippen LogP contribution in [0, 0.1) is 11.8 Å². The Bertz CT molecular complexity index is 1090. The Labute approximate surface area is 265 Å². The van der Waals surface area contributed by atoms with E-state index < -0.39 is 66.2 Å². The minimum atomic E-state index is -2.04.